The van der Waals surface area contributed by atoms with Crippen LogP contribution in [0.3, 0.4) is 0 Å². The molecule has 5 rings (SSSR count). The van der Waals surface area contributed by atoms with E-state index >= 15 is 0 Å². The van der Waals surface area contributed by atoms with E-state index in [0.717, 1.165) is 11.3 Å². The fraction of sp³-hybridized carbons (Fsp3) is 0.133. The van der Waals surface area contributed by atoms with Crippen molar-refractivity contribution in [2.24, 2.45) is 4.99 Å². The lowest BCUT2D eigenvalue weighted by molar-refractivity contribution is -0.140. The van der Waals surface area contributed by atoms with Gasteiger partial charge in [0.1, 0.15) is 13.0 Å². The number of para-hydroxylation sites is 1. The summed E-state index contributed by atoms with van der Waals surface area (Å²) >= 11 is 0. The van der Waals surface area contributed by atoms with Crippen LogP contribution in [0.4, 0.5) is 24.8 Å². The molecule has 9 nitrogen and oxygen atoms in total. The molecule has 0 fully saturated rings. The van der Waals surface area contributed by atoms with Crippen molar-refractivity contribution in [3.63, 3.8) is 0 Å². The van der Waals surface area contributed by atoms with Crippen LogP contribution in [0.15, 0.2) is 41.8 Å². The van der Waals surface area contributed by atoms with E-state index in [4.69, 9.17) is 0 Å². The van der Waals surface area contributed by atoms with Gasteiger partial charge in [0.15, 0.2) is 17.5 Å². The molecule has 0 saturated carbocycles. The minimum Gasteiger partial charge on any atom is -0.283 e. The Morgan fingerprint density at radius 3 is 2.78 bits per heavy atom. The van der Waals surface area contributed by atoms with Crippen LogP contribution in [-0.4, -0.2) is 37.0 Å². The van der Waals surface area contributed by atoms with Gasteiger partial charge in [-0.3, -0.25) is 4.57 Å². The van der Waals surface area contributed by atoms with Crippen molar-refractivity contribution in [2.75, 3.05) is 16.7 Å². The summed E-state index contributed by atoms with van der Waals surface area (Å²) in [6.07, 6.45) is -0.105. The highest BCUT2D eigenvalue weighted by atomic mass is 19.4. The summed E-state index contributed by atoms with van der Waals surface area (Å²) in [4.78, 5) is 8.50. The molecule has 134 valence electrons. The maximum Gasteiger partial charge on any atom is 0.439 e. The van der Waals surface area contributed by atoms with Gasteiger partial charge in [-0.25, -0.2) is 20.0 Å². The standard InChI is InChI=1S/C15H8F3N9/c16-15(17,18)12-14(25(6-19)23-22-12)26-8-21-13-9-3-1-2-4-10(9)24-7-20-5-11(24)27(13)26/h1-5,7H,8H2. The van der Waals surface area contributed by atoms with Crippen LogP contribution in [0.1, 0.15) is 11.3 Å². The van der Waals surface area contributed by atoms with Crippen molar-refractivity contribution >= 4 is 17.5 Å². The Balaban J connectivity index is 1.72. The first-order valence-corrected chi connectivity index (χ1v) is 7.68. The third-order valence-corrected chi connectivity index (χ3v) is 4.29. The Labute approximate surface area is 149 Å². The van der Waals surface area contributed by atoms with Crippen molar-refractivity contribution < 1.29 is 13.2 Å². The number of anilines is 2. The van der Waals surface area contributed by atoms with Gasteiger partial charge in [0.2, 0.25) is 11.9 Å². The summed E-state index contributed by atoms with van der Waals surface area (Å²) in [6.45, 7) is -0.132. The molecule has 0 N–H and O–H groups in total. The highest BCUT2D eigenvalue weighted by Gasteiger charge is 2.45. The summed E-state index contributed by atoms with van der Waals surface area (Å²) in [5, 5.41) is 18.4. The average molecular weight is 371 g/mol. The van der Waals surface area contributed by atoms with E-state index in [2.05, 4.69) is 20.3 Å². The molecule has 27 heavy (non-hydrogen) atoms. The fourth-order valence-electron chi connectivity index (χ4n) is 3.23. The molecular formula is C15H8F3N9. The summed E-state index contributed by atoms with van der Waals surface area (Å²) < 4.78 is 42.5. The second-order valence-corrected chi connectivity index (χ2v) is 5.74. The second-order valence-electron chi connectivity index (χ2n) is 5.74. The number of aromatic nitrogens is 5. The summed E-state index contributed by atoms with van der Waals surface area (Å²) in [5.41, 5.74) is 0.283. The molecule has 0 atom stereocenters. The molecular weight excluding hydrogens is 363 g/mol. The summed E-state index contributed by atoms with van der Waals surface area (Å²) in [7, 11) is 0. The van der Waals surface area contributed by atoms with E-state index in [-0.39, 0.29) is 6.67 Å². The third-order valence-electron chi connectivity index (χ3n) is 4.29. The lowest BCUT2D eigenvalue weighted by atomic mass is 10.1. The van der Waals surface area contributed by atoms with Gasteiger partial charge in [-0.05, 0) is 17.3 Å². The predicted octanol–water partition coefficient (Wildman–Crippen LogP) is 1.77. The lowest BCUT2D eigenvalue weighted by Crippen LogP contribution is -2.46. The number of aliphatic imine (C=N–C) groups is 1. The van der Waals surface area contributed by atoms with Gasteiger partial charge in [0.05, 0.1) is 11.9 Å². The van der Waals surface area contributed by atoms with Crippen LogP contribution >= 0.6 is 0 Å². The van der Waals surface area contributed by atoms with E-state index in [1.807, 2.05) is 24.3 Å². The number of nitrogens with zero attached hydrogens (tertiary/aromatic N) is 9. The van der Waals surface area contributed by atoms with Crippen molar-refractivity contribution in [3.05, 3.63) is 48.0 Å². The number of hydrogen-bond donors (Lipinski definition) is 0. The molecule has 3 aromatic rings. The van der Waals surface area contributed by atoms with Gasteiger partial charge < -0.3 is 0 Å². The average Bonchev–Trinajstić information content (AvgIpc) is 3.37. The Kier molecular flexibility index (Phi) is 2.89. The zero-order valence-corrected chi connectivity index (χ0v) is 13.3. The van der Waals surface area contributed by atoms with Gasteiger partial charge in [-0.1, -0.05) is 12.1 Å². The molecule has 0 radical (unpaired) electrons. The van der Waals surface area contributed by atoms with Gasteiger partial charge >= 0.3 is 6.18 Å². The number of benzene rings is 1. The molecule has 0 spiro atoms. The Morgan fingerprint density at radius 2 is 2.00 bits per heavy atom. The minimum absolute atomic E-state index is 0.132. The molecule has 0 bridgehead atoms. The first kappa shape index (κ1) is 15.4. The van der Waals surface area contributed by atoms with Gasteiger partial charge in [0.25, 0.3) is 0 Å². The zero-order valence-electron chi connectivity index (χ0n) is 13.3. The summed E-state index contributed by atoms with van der Waals surface area (Å²) in [6, 6.07) is 7.34. The van der Waals surface area contributed by atoms with Crippen molar-refractivity contribution in [1.82, 2.24) is 24.5 Å². The Morgan fingerprint density at radius 1 is 1.19 bits per heavy atom. The van der Waals surface area contributed by atoms with E-state index < -0.39 is 17.7 Å². The van der Waals surface area contributed by atoms with Crippen molar-refractivity contribution in [3.8, 4) is 11.9 Å². The van der Waals surface area contributed by atoms with Gasteiger partial charge in [-0.15, -0.1) is 9.78 Å². The van der Waals surface area contributed by atoms with Crippen LogP contribution < -0.4 is 10.0 Å². The number of halogens is 3. The van der Waals surface area contributed by atoms with E-state index in [9.17, 15) is 18.4 Å². The lowest BCUT2D eigenvalue weighted by Gasteiger charge is -2.34. The van der Waals surface area contributed by atoms with Crippen LogP contribution in [0.2, 0.25) is 0 Å². The Hall–Kier alpha value is -3.88. The number of hydrazine groups is 1. The van der Waals surface area contributed by atoms with E-state index in [0.29, 0.717) is 16.3 Å². The molecule has 0 unspecified atom stereocenters. The molecule has 0 aliphatic carbocycles. The van der Waals surface area contributed by atoms with Gasteiger partial charge in [-0.2, -0.15) is 18.4 Å². The van der Waals surface area contributed by atoms with Crippen LogP contribution in [0.5, 0.6) is 0 Å². The zero-order chi connectivity index (χ0) is 18.8. The van der Waals surface area contributed by atoms with Crippen LogP contribution in [-0.2, 0) is 6.18 Å². The smallest absolute Gasteiger partial charge is 0.283 e. The van der Waals surface area contributed by atoms with E-state index in [1.165, 1.54) is 16.2 Å². The van der Waals surface area contributed by atoms with Gasteiger partial charge in [0, 0.05) is 5.56 Å². The van der Waals surface area contributed by atoms with Crippen molar-refractivity contribution in [1.29, 1.82) is 5.26 Å². The summed E-state index contributed by atoms with van der Waals surface area (Å²) in [5.74, 6) is 0.442. The molecule has 1 aromatic carbocycles. The maximum atomic E-state index is 13.4. The van der Waals surface area contributed by atoms with Crippen molar-refractivity contribution in [2.45, 2.75) is 6.18 Å². The second kappa shape index (κ2) is 5.07. The molecule has 4 heterocycles. The SMILES string of the molecule is N#Cn1nnc(C(F)(F)F)c1N1CN=C2c3ccccc3-n3cncc3N21. The normalized spacial score (nSPS) is 15.1. The molecule has 0 saturated heterocycles. The largest absolute Gasteiger partial charge is 0.439 e. The quantitative estimate of drug-likeness (QED) is 0.648. The maximum absolute atomic E-state index is 13.4. The minimum atomic E-state index is -4.78. The number of nitriles is 1. The fourth-order valence-corrected chi connectivity index (χ4v) is 3.23. The van der Waals surface area contributed by atoms with Crippen LogP contribution in [0.25, 0.3) is 5.69 Å². The molecule has 2 aliphatic rings. The molecule has 0 amide bonds. The monoisotopic (exact) mass is 371 g/mol. The Bertz CT molecular complexity index is 1130. The van der Waals surface area contributed by atoms with Crippen LogP contribution in [0, 0.1) is 11.5 Å². The number of amidine groups is 1. The highest BCUT2D eigenvalue weighted by Crippen LogP contribution is 2.40. The highest BCUT2D eigenvalue weighted by molar-refractivity contribution is 6.16. The third kappa shape index (κ3) is 1.99. The predicted molar refractivity (Wildman–Crippen MR) is 86.0 cm³/mol. The number of hydrogen-bond acceptors (Lipinski definition) is 7. The number of fused-ring (bicyclic) bond motifs is 6. The topological polar surface area (TPSA) is 91.2 Å². The number of rotatable bonds is 1. The first-order valence-electron chi connectivity index (χ1n) is 7.68. The number of alkyl halides is 3. The molecule has 2 aliphatic heterocycles. The number of imidazole rings is 1. The first-order chi connectivity index (χ1) is 13.0. The molecule has 2 aromatic heterocycles. The molecule has 12 heteroatoms. The van der Waals surface area contributed by atoms with E-state index in [1.54, 1.807) is 17.1 Å².